The van der Waals surface area contributed by atoms with E-state index in [-0.39, 0.29) is 5.91 Å². The number of hydrogen-bond donors (Lipinski definition) is 0. The summed E-state index contributed by atoms with van der Waals surface area (Å²) in [7, 11) is 0. The second-order valence-electron chi connectivity index (χ2n) is 2.13. The minimum Gasteiger partial charge on any atom is -0.332 e. The van der Waals surface area contributed by atoms with Gasteiger partial charge in [-0.1, -0.05) is 12.8 Å². The molecule has 0 unspecified atom stereocenters. The zero-order valence-corrected chi connectivity index (χ0v) is 7.48. The van der Waals surface area contributed by atoms with Crippen molar-refractivity contribution in [1.29, 1.82) is 0 Å². The molecular weight excluding hydrogens is 138 g/mol. The van der Waals surface area contributed by atoms with Crippen LogP contribution >= 0.6 is 0 Å². The van der Waals surface area contributed by atoms with E-state index >= 15 is 0 Å². The standard InChI is InChI=1S/C9H15NO/c1-4-7-8-9(11)10(5-2)6-3/h4-6H2,1-3H3. The second-order valence-corrected chi connectivity index (χ2v) is 2.13. The molecule has 0 aromatic heterocycles. The van der Waals surface area contributed by atoms with Crippen molar-refractivity contribution in [3.63, 3.8) is 0 Å². The SMILES string of the molecule is CCC#CC(=O)N(CC)CC. The van der Waals surface area contributed by atoms with Crippen LogP contribution < -0.4 is 0 Å². The van der Waals surface area contributed by atoms with Gasteiger partial charge in [-0.25, -0.2) is 0 Å². The predicted octanol–water partition coefficient (Wildman–Crippen LogP) is 1.27. The van der Waals surface area contributed by atoms with Crippen LogP contribution in [0.1, 0.15) is 27.2 Å². The van der Waals surface area contributed by atoms with Gasteiger partial charge < -0.3 is 4.90 Å². The van der Waals surface area contributed by atoms with Gasteiger partial charge in [0.05, 0.1) is 0 Å². The monoisotopic (exact) mass is 153 g/mol. The Morgan fingerprint density at radius 3 is 2.18 bits per heavy atom. The van der Waals surface area contributed by atoms with E-state index in [2.05, 4.69) is 11.8 Å². The molecular formula is C9H15NO. The van der Waals surface area contributed by atoms with Crippen LogP contribution in [-0.2, 0) is 4.79 Å². The van der Waals surface area contributed by atoms with Crippen LogP contribution in [0.5, 0.6) is 0 Å². The minimum absolute atomic E-state index is 0.0585. The lowest BCUT2D eigenvalue weighted by molar-refractivity contribution is -0.124. The Kier molecular flexibility index (Phi) is 5.28. The highest BCUT2D eigenvalue weighted by Gasteiger charge is 2.03. The van der Waals surface area contributed by atoms with Crippen molar-refractivity contribution in [2.24, 2.45) is 0 Å². The third-order valence-electron chi connectivity index (χ3n) is 1.42. The molecule has 1 amide bonds. The van der Waals surface area contributed by atoms with E-state index in [1.54, 1.807) is 4.90 Å². The lowest BCUT2D eigenvalue weighted by atomic mass is 10.4. The maximum Gasteiger partial charge on any atom is 0.298 e. The van der Waals surface area contributed by atoms with E-state index in [4.69, 9.17) is 0 Å². The fourth-order valence-corrected chi connectivity index (χ4v) is 0.754. The normalized spacial score (nSPS) is 8.27. The summed E-state index contributed by atoms with van der Waals surface area (Å²) in [5.41, 5.74) is 0. The molecule has 0 aromatic carbocycles. The van der Waals surface area contributed by atoms with Gasteiger partial charge in [0.25, 0.3) is 5.91 Å². The average molecular weight is 153 g/mol. The molecule has 62 valence electrons. The lowest BCUT2D eigenvalue weighted by Gasteiger charge is -2.13. The minimum atomic E-state index is -0.0585. The van der Waals surface area contributed by atoms with Gasteiger partial charge in [0.1, 0.15) is 0 Å². The molecule has 0 aromatic rings. The molecule has 0 bridgehead atoms. The Balaban J connectivity index is 3.99. The number of amides is 1. The summed E-state index contributed by atoms with van der Waals surface area (Å²) in [5, 5.41) is 0. The van der Waals surface area contributed by atoms with Crippen molar-refractivity contribution >= 4 is 5.91 Å². The van der Waals surface area contributed by atoms with Gasteiger partial charge in [-0.05, 0) is 19.8 Å². The molecule has 0 atom stereocenters. The zero-order valence-electron chi connectivity index (χ0n) is 7.48. The van der Waals surface area contributed by atoms with E-state index in [1.165, 1.54) is 0 Å². The van der Waals surface area contributed by atoms with Gasteiger partial charge >= 0.3 is 0 Å². The quantitative estimate of drug-likeness (QED) is 0.547. The third-order valence-corrected chi connectivity index (χ3v) is 1.42. The third kappa shape index (κ3) is 3.67. The molecule has 0 N–H and O–H groups in total. The largest absolute Gasteiger partial charge is 0.332 e. The van der Waals surface area contributed by atoms with Crippen LogP contribution in [0.3, 0.4) is 0 Å². The molecule has 0 saturated heterocycles. The molecule has 2 nitrogen and oxygen atoms in total. The molecule has 0 heterocycles. The van der Waals surface area contributed by atoms with E-state index in [9.17, 15) is 4.79 Å². The van der Waals surface area contributed by atoms with Crippen molar-refractivity contribution < 1.29 is 4.79 Å². The first-order valence-corrected chi connectivity index (χ1v) is 4.04. The molecule has 11 heavy (non-hydrogen) atoms. The maximum atomic E-state index is 11.1. The highest BCUT2D eigenvalue weighted by molar-refractivity contribution is 5.93. The molecule has 0 aliphatic carbocycles. The van der Waals surface area contributed by atoms with Crippen molar-refractivity contribution in [3.05, 3.63) is 0 Å². The Morgan fingerprint density at radius 1 is 1.27 bits per heavy atom. The summed E-state index contributed by atoms with van der Waals surface area (Å²) in [4.78, 5) is 12.8. The average Bonchev–Trinajstić information content (AvgIpc) is 2.03. The number of carbonyl (C=O) groups is 1. The van der Waals surface area contributed by atoms with Crippen LogP contribution in [-0.4, -0.2) is 23.9 Å². The summed E-state index contributed by atoms with van der Waals surface area (Å²) in [5.74, 6) is 5.27. The van der Waals surface area contributed by atoms with Crippen LogP contribution in [0.15, 0.2) is 0 Å². The van der Waals surface area contributed by atoms with Gasteiger partial charge in [-0.15, -0.1) is 0 Å². The maximum absolute atomic E-state index is 11.1. The number of hydrogen-bond acceptors (Lipinski definition) is 1. The van der Waals surface area contributed by atoms with E-state index in [0.29, 0.717) is 0 Å². The molecule has 0 saturated carbocycles. The molecule has 0 spiro atoms. The first-order valence-electron chi connectivity index (χ1n) is 4.04. The van der Waals surface area contributed by atoms with Gasteiger partial charge in [0, 0.05) is 19.5 Å². The molecule has 0 radical (unpaired) electrons. The van der Waals surface area contributed by atoms with Crippen molar-refractivity contribution in [2.45, 2.75) is 27.2 Å². The summed E-state index contributed by atoms with van der Waals surface area (Å²) >= 11 is 0. The molecule has 0 fully saturated rings. The van der Waals surface area contributed by atoms with Crippen LogP contribution in [0.4, 0.5) is 0 Å². The first-order chi connectivity index (χ1) is 5.26. The van der Waals surface area contributed by atoms with Gasteiger partial charge in [-0.2, -0.15) is 0 Å². The van der Waals surface area contributed by atoms with Crippen molar-refractivity contribution in [1.82, 2.24) is 4.90 Å². The molecule has 0 aliphatic heterocycles. The highest BCUT2D eigenvalue weighted by Crippen LogP contribution is 1.86. The summed E-state index contributed by atoms with van der Waals surface area (Å²) in [6.45, 7) is 7.33. The lowest BCUT2D eigenvalue weighted by Crippen LogP contribution is -2.28. The number of rotatable bonds is 2. The number of carbonyl (C=O) groups excluding carboxylic acids is 1. The Hall–Kier alpha value is -0.970. The summed E-state index contributed by atoms with van der Waals surface area (Å²) in [6.07, 6.45) is 0.743. The van der Waals surface area contributed by atoms with Gasteiger partial charge in [0.15, 0.2) is 0 Å². The van der Waals surface area contributed by atoms with Crippen LogP contribution in [0.2, 0.25) is 0 Å². The van der Waals surface area contributed by atoms with Gasteiger partial charge in [-0.3, -0.25) is 4.79 Å². The van der Waals surface area contributed by atoms with Crippen LogP contribution in [0, 0.1) is 11.8 Å². The summed E-state index contributed by atoms with van der Waals surface area (Å²) < 4.78 is 0. The van der Waals surface area contributed by atoms with Crippen molar-refractivity contribution in [2.75, 3.05) is 13.1 Å². The zero-order chi connectivity index (χ0) is 8.69. The summed E-state index contributed by atoms with van der Waals surface area (Å²) in [6, 6.07) is 0. The van der Waals surface area contributed by atoms with E-state index in [0.717, 1.165) is 19.5 Å². The molecule has 2 heteroatoms. The Labute approximate surface area is 68.6 Å². The fraction of sp³-hybridized carbons (Fsp3) is 0.667. The topological polar surface area (TPSA) is 20.3 Å². The smallest absolute Gasteiger partial charge is 0.298 e. The first kappa shape index (κ1) is 10.0. The van der Waals surface area contributed by atoms with E-state index < -0.39 is 0 Å². The van der Waals surface area contributed by atoms with Crippen LogP contribution in [0.25, 0.3) is 0 Å². The fourth-order valence-electron chi connectivity index (χ4n) is 0.754. The second kappa shape index (κ2) is 5.79. The Bertz CT molecular complexity index is 172. The van der Waals surface area contributed by atoms with Gasteiger partial charge in [0.2, 0.25) is 0 Å². The number of nitrogens with zero attached hydrogens (tertiary/aromatic N) is 1. The highest BCUT2D eigenvalue weighted by atomic mass is 16.2. The predicted molar refractivity (Wildman–Crippen MR) is 46.0 cm³/mol. The molecule has 0 aliphatic rings. The van der Waals surface area contributed by atoms with Crippen molar-refractivity contribution in [3.8, 4) is 11.8 Å². The van der Waals surface area contributed by atoms with E-state index in [1.807, 2.05) is 20.8 Å². The Morgan fingerprint density at radius 2 is 1.82 bits per heavy atom. The molecule has 0 rings (SSSR count).